The van der Waals surface area contributed by atoms with Crippen molar-refractivity contribution in [3.05, 3.63) is 12.3 Å². The molecule has 0 aromatic heterocycles. The Hall–Kier alpha value is -0.570. The number of hydrogen-bond acceptors (Lipinski definition) is 2. The predicted octanol–water partition coefficient (Wildman–Crippen LogP) is 0.951. The van der Waals surface area contributed by atoms with Crippen molar-refractivity contribution in [2.75, 3.05) is 28.2 Å². The molecule has 0 amide bonds. The minimum atomic E-state index is 0.841. The lowest BCUT2D eigenvalue weighted by Crippen LogP contribution is -2.17. The lowest BCUT2D eigenvalue weighted by Gasteiger charge is -2.10. The minimum Gasteiger partial charge on any atom is -0.383 e. The van der Waals surface area contributed by atoms with Crippen LogP contribution in [0.2, 0.25) is 0 Å². The van der Waals surface area contributed by atoms with Gasteiger partial charge < -0.3 is 9.80 Å². The van der Waals surface area contributed by atoms with Gasteiger partial charge in [-0.1, -0.05) is 12.2 Å². The van der Waals surface area contributed by atoms with E-state index < -0.39 is 0 Å². The van der Waals surface area contributed by atoms with Crippen LogP contribution in [-0.2, 0) is 0 Å². The predicted molar refractivity (Wildman–Crippen MR) is 49.1 cm³/mol. The third-order valence-electron chi connectivity index (χ3n) is 0.956. The van der Waals surface area contributed by atoms with Gasteiger partial charge in [0.15, 0.2) is 0 Å². The van der Waals surface area contributed by atoms with E-state index >= 15 is 0 Å². The molecular formula is C7H14N2S. The third-order valence-corrected chi connectivity index (χ3v) is 1.46. The number of hydrogen-bond donors (Lipinski definition) is 0. The van der Waals surface area contributed by atoms with Gasteiger partial charge in [0.05, 0.1) is 0 Å². The van der Waals surface area contributed by atoms with Gasteiger partial charge in [-0.2, -0.15) is 0 Å². The van der Waals surface area contributed by atoms with E-state index in [1.165, 1.54) is 0 Å². The number of likely N-dealkylation sites (N-methyl/N-ethyl adjacent to an activating group) is 1. The molecule has 58 valence electrons. The van der Waals surface area contributed by atoms with Gasteiger partial charge in [-0.3, -0.25) is 0 Å². The number of nitrogens with zero attached hydrogens (tertiary/aromatic N) is 2. The van der Waals surface area contributed by atoms with E-state index in [4.69, 9.17) is 12.2 Å². The average molecular weight is 158 g/mol. The molecule has 0 saturated heterocycles. The van der Waals surface area contributed by atoms with Crippen LogP contribution in [0.15, 0.2) is 12.3 Å². The van der Waals surface area contributed by atoms with Gasteiger partial charge in [-0.15, -0.1) is 0 Å². The summed E-state index contributed by atoms with van der Waals surface area (Å²) in [5.41, 5.74) is 0. The fraction of sp³-hybridized carbons (Fsp3) is 0.571. The summed E-state index contributed by atoms with van der Waals surface area (Å²) in [6.07, 6.45) is 3.83. The Labute approximate surface area is 68.1 Å². The van der Waals surface area contributed by atoms with E-state index in [9.17, 15) is 0 Å². The Kier molecular flexibility index (Phi) is 4.03. The summed E-state index contributed by atoms with van der Waals surface area (Å²) >= 11 is 5.01. The minimum absolute atomic E-state index is 0.841. The van der Waals surface area contributed by atoms with Crippen LogP contribution in [-0.4, -0.2) is 43.0 Å². The van der Waals surface area contributed by atoms with E-state index in [-0.39, 0.29) is 0 Å². The van der Waals surface area contributed by atoms with Crippen LogP contribution in [0.3, 0.4) is 0 Å². The van der Waals surface area contributed by atoms with Crippen molar-refractivity contribution in [3.63, 3.8) is 0 Å². The first-order chi connectivity index (χ1) is 4.54. The fourth-order valence-electron chi connectivity index (χ4n) is 0.362. The maximum Gasteiger partial charge on any atom is 0.102 e. The maximum absolute atomic E-state index is 5.01. The molecule has 3 heteroatoms. The monoisotopic (exact) mass is 158 g/mol. The lowest BCUT2D eigenvalue weighted by atomic mass is 10.5. The van der Waals surface area contributed by atoms with Crippen molar-refractivity contribution >= 4 is 17.2 Å². The Morgan fingerprint density at radius 1 is 1.20 bits per heavy atom. The van der Waals surface area contributed by atoms with Crippen LogP contribution >= 0.6 is 12.2 Å². The molecule has 0 unspecified atom stereocenters. The second-order valence-corrected chi connectivity index (χ2v) is 2.93. The topological polar surface area (TPSA) is 6.48 Å². The molecule has 0 atom stereocenters. The molecule has 0 bridgehead atoms. The molecular weight excluding hydrogens is 144 g/mol. The highest BCUT2D eigenvalue weighted by molar-refractivity contribution is 7.80. The van der Waals surface area contributed by atoms with E-state index in [1.807, 2.05) is 50.3 Å². The molecule has 0 saturated carbocycles. The van der Waals surface area contributed by atoms with Crippen molar-refractivity contribution < 1.29 is 0 Å². The van der Waals surface area contributed by atoms with Gasteiger partial charge in [-0.05, 0) is 6.08 Å². The fourth-order valence-corrected chi connectivity index (χ4v) is 0.423. The molecule has 0 aliphatic heterocycles. The van der Waals surface area contributed by atoms with Crippen LogP contribution in [0.1, 0.15) is 0 Å². The normalized spacial score (nSPS) is 10.0. The SMILES string of the molecule is CN(C)C=CC(=S)N(C)C. The Morgan fingerprint density at radius 3 is 2.00 bits per heavy atom. The van der Waals surface area contributed by atoms with Crippen LogP contribution in [0.4, 0.5) is 0 Å². The summed E-state index contributed by atoms with van der Waals surface area (Å²) in [5, 5.41) is 0. The van der Waals surface area contributed by atoms with Crippen LogP contribution in [0.25, 0.3) is 0 Å². The molecule has 2 nitrogen and oxygen atoms in total. The summed E-state index contributed by atoms with van der Waals surface area (Å²) < 4.78 is 0. The van der Waals surface area contributed by atoms with Gasteiger partial charge in [0, 0.05) is 34.4 Å². The van der Waals surface area contributed by atoms with Gasteiger partial charge >= 0.3 is 0 Å². The van der Waals surface area contributed by atoms with E-state index in [0.717, 1.165) is 4.99 Å². The average Bonchev–Trinajstić information content (AvgIpc) is 1.82. The quantitative estimate of drug-likeness (QED) is 0.436. The number of rotatable bonds is 2. The Bertz CT molecular complexity index is 139. The van der Waals surface area contributed by atoms with Crippen LogP contribution < -0.4 is 0 Å². The van der Waals surface area contributed by atoms with Gasteiger partial charge in [-0.25, -0.2) is 0 Å². The molecule has 0 spiro atoms. The second-order valence-electron chi connectivity index (χ2n) is 2.51. The first-order valence-electron chi connectivity index (χ1n) is 3.10. The first kappa shape index (κ1) is 9.43. The van der Waals surface area contributed by atoms with E-state index in [2.05, 4.69) is 0 Å². The molecule has 0 N–H and O–H groups in total. The van der Waals surface area contributed by atoms with Crippen molar-refractivity contribution in [1.82, 2.24) is 9.80 Å². The molecule has 10 heavy (non-hydrogen) atoms. The van der Waals surface area contributed by atoms with E-state index in [1.54, 1.807) is 0 Å². The molecule has 0 heterocycles. The summed E-state index contributed by atoms with van der Waals surface area (Å²) in [4.78, 5) is 4.69. The maximum atomic E-state index is 5.01. The molecule has 0 aliphatic rings. The van der Waals surface area contributed by atoms with Crippen molar-refractivity contribution in [3.8, 4) is 0 Å². The largest absolute Gasteiger partial charge is 0.383 e. The molecule has 0 radical (unpaired) electrons. The zero-order valence-electron chi connectivity index (χ0n) is 6.96. The summed E-state index contributed by atoms with van der Waals surface area (Å²) in [5.74, 6) is 0. The van der Waals surface area contributed by atoms with Gasteiger partial charge in [0.25, 0.3) is 0 Å². The van der Waals surface area contributed by atoms with Gasteiger partial charge in [0.1, 0.15) is 4.99 Å². The highest BCUT2D eigenvalue weighted by Gasteiger charge is 1.90. The first-order valence-corrected chi connectivity index (χ1v) is 3.51. The van der Waals surface area contributed by atoms with Crippen LogP contribution in [0.5, 0.6) is 0 Å². The summed E-state index contributed by atoms with van der Waals surface area (Å²) in [6, 6.07) is 0. The summed E-state index contributed by atoms with van der Waals surface area (Å²) in [7, 11) is 7.80. The highest BCUT2D eigenvalue weighted by Crippen LogP contribution is 1.86. The highest BCUT2D eigenvalue weighted by atomic mass is 32.1. The van der Waals surface area contributed by atoms with Crippen molar-refractivity contribution in [2.45, 2.75) is 0 Å². The lowest BCUT2D eigenvalue weighted by molar-refractivity contribution is 0.562. The summed E-state index contributed by atoms with van der Waals surface area (Å²) in [6.45, 7) is 0. The Balaban J connectivity index is 3.79. The van der Waals surface area contributed by atoms with Crippen molar-refractivity contribution in [1.29, 1.82) is 0 Å². The molecule has 0 rings (SSSR count). The van der Waals surface area contributed by atoms with Gasteiger partial charge in [0.2, 0.25) is 0 Å². The third kappa shape index (κ3) is 4.32. The molecule has 0 aromatic rings. The van der Waals surface area contributed by atoms with E-state index in [0.29, 0.717) is 0 Å². The standard InChI is InChI=1S/C7H14N2S/c1-8(2)6-5-7(10)9(3)4/h5-6H,1-4H3. The zero-order valence-corrected chi connectivity index (χ0v) is 7.77. The van der Waals surface area contributed by atoms with Crippen molar-refractivity contribution in [2.24, 2.45) is 0 Å². The zero-order chi connectivity index (χ0) is 8.15. The van der Waals surface area contributed by atoms with Crippen LogP contribution in [0, 0.1) is 0 Å². The molecule has 0 aromatic carbocycles. The molecule has 0 aliphatic carbocycles. The molecule has 0 fully saturated rings. The Morgan fingerprint density at radius 2 is 1.70 bits per heavy atom. The second kappa shape index (κ2) is 4.28. The smallest absolute Gasteiger partial charge is 0.102 e. The number of thiocarbonyl (C=S) groups is 1.